The lowest BCUT2D eigenvalue weighted by molar-refractivity contribution is -0.124. The van der Waals surface area contributed by atoms with E-state index in [1.165, 1.54) is 103 Å². The zero-order valence-corrected chi connectivity index (χ0v) is 27.6. The smallest absolute Gasteiger partial charge is 0.222 e. The Bertz CT molecular complexity index is 660. The number of carbonyl (C=O) groups is 1. The van der Waals surface area contributed by atoms with Crippen molar-refractivity contribution in [2.75, 3.05) is 6.61 Å². The van der Waals surface area contributed by atoms with Crippen LogP contribution in [0, 0.1) is 0 Å². The van der Waals surface area contributed by atoms with E-state index in [2.05, 4.69) is 43.5 Å². The van der Waals surface area contributed by atoms with Crippen molar-refractivity contribution in [3.63, 3.8) is 0 Å². The van der Waals surface area contributed by atoms with Crippen LogP contribution in [-0.2, 0) is 4.79 Å². The van der Waals surface area contributed by atoms with E-state index in [-0.39, 0.29) is 18.9 Å². The van der Waals surface area contributed by atoms with Crippen LogP contribution >= 0.6 is 0 Å². The molecule has 0 aromatic carbocycles. The Labute approximate surface area is 260 Å². The average molecular weight is 592 g/mol. The molecule has 0 aliphatic carbocycles. The summed E-state index contributed by atoms with van der Waals surface area (Å²) in [4.78, 5) is 12.3. The lowest BCUT2D eigenvalue weighted by atomic mass is 10.1. The number of aliphatic hydroxyl groups is 3. The molecular formula is C37H69NO4. The van der Waals surface area contributed by atoms with Crippen molar-refractivity contribution in [3.05, 3.63) is 36.5 Å². The second kappa shape index (κ2) is 32.5. The summed E-state index contributed by atoms with van der Waals surface area (Å²) in [6.45, 7) is 4.15. The van der Waals surface area contributed by atoms with Crippen LogP contribution in [0.2, 0.25) is 0 Å². The van der Waals surface area contributed by atoms with Crippen molar-refractivity contribution in [3.8, 4) is 0 Å². The molecule has 0 fully saturated rings. The minimum atomic E-state index is -0.955. The summed E-state index contributed by atoms with van der Waals surface area (Å²) >= 11 is 0. The quantitative estimate of drug-likeness (QED) is 0.0478. The maximum absolute atomic E-state index is 12.3. The Balaban J connectivity index is 3.85. The van der Waals surface area contributed by atoms with Crippen LogP contribution in [0.1, 0.15) is 168 Å². The van der Waals surface area contributed by atoms with Gasteiger partial charge in [-0.2, -0.15) is 0 Å². The van der Waals surface area contributed by atoms with E-state index in [1.807, 2.05) is 6.08 Å². The fourth-order valence-electron chi connectivity index (χ4n) is 5.12. The molecule has 0 aliphatic rings. The molecule has 1 amide bonds. The minimum absolute atomic E-state index is 0.0156. The second-order valence-corrected chi connectivity index (χ2v) is 12.1. The van der Waals surface area contributed by atoms with E-state index >= 15 is 0 Å². The average Bonchev–Trinajstić information content (AvgIpc) is 2.98. The van der Waals surface area contributed by atoms with E-state index in [1.54, 1.807) is 6.08 Å². The number of carbonyl (C=O) groups excluding carboxylic acids is 1. The molecule has 5 nitrogen and oxygen atoms in total. The predicted octanol–water partition coefficient (Wildman–Crippen LogP) is 9.26. The SMILES string of the molecule is CCCCCCCC/C=C\CCCC(O)CC(=O)NC(CO)C(O)/C=C/CC/C=C/CCCCCCCCCCCC. The highest BCUT2D eigenvalue weighted by molar-refractivity contribution is 5.76. The van der Waals surface area contributed by atoms with E-state index in [0.29, 0.717) is 6.42 Å². The Morgan fingerprint density at radius 1 is 0.595 bits per heavy atom. The van der Waals surface area contributed by atoms with Crippen LogP contribution in [0.3, 0.4) is 0 Å². The summed E-state index contributed by atoms with van der Waals surface area (Å²) < 4.78 is 0. The molecule has 4 N–H and O–H groups in total. The number of hydrogen-bond acceptors (Lipinski definition) is 4. The molecule has 3 unspecified atom stereocenters. The van der Waals surface area contributed by atoms with E-state index in [4.69, 9.17) is 0 Å². The number of amides is 1. The molecule has 0 aromatic heterocycles. The first kappa shape index (κ1) is 40.6. The molecule has 5 heteroatoms. The van der Waals surface area contributed by atoms with Crippen LogP contribution in [0.5, 0.6) is 0 Å². The molecule has 0 aromatic rings. The third-order valence-corrected chi connectivity index (χ3v) is 7.90. The molecule has 0 radical (unpaired) electrons. The summed E-state index contributed by atoms with van der Waals surface area (Å²) in [5, 5.41) is 32.9. The number of unbranched alkanes of at least 4 members (excludes halogenated alkanes) is 18. The van der Waals surface area contributed by atoms with Gasteiger partial charge in [0.25, 0.3) is 0 Å². The molecule has 3 atom stereocenters. The Kier molecular flexibility index (Phi) is 31.4. The number of aliphatic hydroxyl groups excluding tert-OH is 3. The largest absolute Gasteiger partial charge is 0.394 e. The minimum Gasteiger partial charge on any atom is -0.394 e. The normalized spacial score (nSPS) is 14.3. The molecule has 42 heavy (non-hydrogen) atoms. The van der Waals surface area contributed by atoms with Crippen molar-refractivity contribution in [1.29, 1.82) is 0 Å². The molecule has 0 aliphatic heterocycles. The number of nitrogens with one attached hydrogen (secondary N) is 1. The highest BCUT2D eigenvalue weighted by Gasteiger charge is 2.19. The van der Waals surface area contributed by atoms with Crippen LogP contribution in [0.25, 0.3) is 0 Å². The first-order chi connectivity index (χ1) is 20.5. The molecule has 0 bridgehead atoms. The summed E-state index contributed by atoms with van der Waals surface area (Å²) in [5.74, 6) is -0.345. The topological polar surface area (TPSA) is 89.8 Å². The van der Waals surface area contributed by atoms with Gasteiger partial charge < -0.3 is 20.6 Å². The molecule has 0 saturated carbocycles. The van der Waals surface area contributed by atoms with E-state index < -0.39 is 18.2 Å². The molecular weight excluding hydrogens is 522 g/mol. The maximum atomic E-state index is 12.3. The van der Waals surface area contributed by atoms with Gasteiger partial charge in [-0.3, -0.25) is 4.79 Å². The fourth-order valence-corrected chi connectivity index (χ4v) is 5.12. The van der Waals surface area contributed by atoms with Crippen molar-refractivity contribution < 1.29 is 20.1 Å². The number of hydrogen-bond donors (Lipinski definition) is 4. The van der Waals surface area contributed by atoms with Crippen molar-refractivity contribution in [2.45, 2.75) is 186 Å². The summed E-state index contributed by atoms with van der Waals surface area (Å²) in [6, 6.07) is -0.766. The highest BCUT2D eigenvalue weighted by Crippen LogP contribution is 2.12. The third kappa shape index (κ3) is 28.7. The van der Waals surface area contributed by atoms with E-state index in [9.17, 15) is 20.1 Å². The van der Waals surface area contributed by atoms with Gasteiger partial charge in [0.15, 0.2) is 0 Å². The third-order valence-electron chi connectivity index (χ3n) is 7.90. The van der Waals surface area contributed by atoms with Gasteiger partial charge in [-0.1, -0.05) is 140 Å². The van der Waals surface area contributed by atoms with Gasteiger partial charge in [0.1, 0.15) is 0 Å². The number of rotatable bonds is 31. The van der Waals surface area contributed by atoms with E-state index in [0.717, 1.165) is 38.5 Å². The van der Waals surface area contributed by atoms with Crippen LogP contribution in [-0.4, -0.2) is 46.1 Å². The van der Waals surface area contributed by atoms with Gasteiger partial charge >= 0.3 is 0 Å². The Morgan fingerprint density at radius 2 is 1.02 bits per heavy atom. The summed E-state index contributed by atoms with van der Waals surface area (Å²) in [5.41, 5.74) is 0. The molecule has 0 heterocycles. The van der Waals surface area contributed by atoms with Gasteiger partial charge in [-0.15, -0.1) is 0 Å². The lowest BCUT2D eigenvalue weighted by Crippen LogP contribution is -2.45. The van der Waals surface area contributed by atoms with Gasteiger partial charge in [0, 0.05) is 0 Å². The Morgan fingerprint density at radius 3 is 1.52 bits per heavy atom. The van der Waals surface area contributed by atoms with Gasteiger partial charge in [-0.05, 0) is 57.8 Å². The second-order valence-electron chi connectivity index (χ2n) is 12.1. The fraction of sp³-hybridized carbons (Fsp3) is 0.811. The summed E-state index contributed by atoms with van der Waals surface area (Å²) in [6.07, 6.45) is 38.4. The highest BCUT2D eigenvalue weighted by atomic mass is 16.3. The van der Waals surface area contributed by atoms with Crippen molar-refractivity contribution >= 4 is 5.91 Å². The van der Waals surface area contributed by atoms with Crippen LogP contribution < -0.4 is 5.32 Å². The van der Waals surface area contributed by atoms with Crippen LogP contribution in [0.4, 0.5) is 0 Å². The molecule has 246 valence electrons. The van der Waals surface area contributed by atoms with Crippen molar-refractivity contribution in [1.82, 2.24) is 5.32 Å². The van der Waals surface area contributed by atoms with Gasteiger partial charge in [0.05, 0.1) is 31.3 Å². The lowest BCUT2D eigenvalue weighted by Gasteiger charge is -2.20. The number of allylic oxidation sites excluding steroid dienone is 5. The first-order valence-corrected chi connectivity index (χ1v) is 17.8. The predicted molar refractivity (Wildman–Crippen MR) is 181 cm³/mol. The first-order valence-electron chi connectivity index (χ1n) is 17.8. The zero-order chi connectivity index (χ0) is 30.9. The van der Waals surface area contributed by atoms with Gasteiger partial charge in [-0.25, -0.2) is 0 Å². The van der Waals surface area contributed by atoms with Crippen LogP contribution in [0.15, 0.2) is 36.5 Å². The van der Waals surface area contributed by atoms with Crippen molar-refractivity contribution in [2.24, 2.45) is 0 Å². The Hall–Kier alpha value is -1.43. The molecule has 0 rings (SSSR count). The maximum Gasteiger partial charge on any atom is 0.222 e. The molecule has 0 spiro atoms. The standard InChI is InChI=1S/C37H69NO4/c1-3-5-7-9-11-13-15-16-17-18-19-21-23-25-27-29-31-36(41)35(33-39)38-37(42)32-34(40)30-28-26-24-22-20-14-12-10-8-6-4-2/h21-24,29,31,34-36,39-41H,3-20,25-28,30,32-33H2,1-2H3,(H,38,42)/b23-21+,24-22-,31-29+. The summed E-state index contributed by atoms with van der Waals surface area (Å²) in [7, 11) is 0. The molecule has 0 saturated heterocycles. The van der Waals surface area contributed by atoms with Gasteiger partial charge in [0.2, 0.25) is 5.91 Å². The monoisotopic (exact) mass is 592 g/mol. The zero-order valence-electron chi connectivity index (χ0n) is 27.6.